The van der Waals surface area contributed by atoms with E-state index < -0.39 is 0 Å². The SMILES string of the molecule is NCCc1nc(C(=O)N2CCCO2)cs1. The maximum Gasteiger partial charge on any atom is 0.296 e. The third kappa shape index (κ3) is 2.34. The number of aromatic nitrogens is 1. The molecule has 82 valence electrons. The summed E-state index contributed by atoms with van der Waals surface area (Å²) in [5.74, 6) is -0.146. The number of rotatable bonds is 3. The zero-order valence-electron chi connectivity index (χ0n) is 8.31. The van der Waals surface area contributed by atoms with Crippen LogP contribution < -0.4 is 5.73 Å². The summed E-state index contributed by atoms with van der Waals surface area (Å²) in [4.78, 5) is 21.2. The normalized spacial score (nSPS) is 15.9. The number of hydroxylamine groups is 2. The number of hydrogen-bond donors (Lipinski definition) is 1. The third-order valence-corrected chi connectivity index (χ3v) is 3.02. The fourth-order valence-corrected chi connectivity index (χ4v) is 2.17. The number of hydrogen-bond acceptors (Lipinski definition) is 5. The first-order valence-electron chi connectivity index (χ1n) is 4.90. The molecular formula is C9H13N3O2S. The molecule has 0 aromatic carbocycles. The zero-order chi connectivity index (χ0) is 10.7. The van der Waals surface area contributed by atoms with E-state index in [4.69, 9.17) is 10.6 Å². The summed E-state index contributed by atoms with van der Waals surface area (Å²) in [6.45, 7) is 1.83. The molecule has 0 radical (unpaired) electrons. The van der Waals surface area contributed by atoms with Crippen molar-refractivity contribution in [3.63, 3.8) is 0 Å². The monoisotopic (exact) mass is 227 g/mol. The average Bonchev–Trinajstić information content (AvgIpc) is 2.87. The van der Waals surface area contributed by atoms with Crippen molar-refractivity contribution in [3.05, 3.63) is 16.1 Å². The highest BCUT2D eigenvalue weighted by molar-refractivity contribution is 7.09. The molecule has 0 spiro atoms. The molecule has 5 nitrogen and oxygen atoms in total. The highest BCUT2D eigenvalue weighted by atomic mass is 32.1. The van der Waals surface area contributed by atoms with Gasteiger partial charge in [0.05, 0.1) is 18.2 Å². The van der Waals surface area contributed by atoms with Crippen LogP contribution in [0.3, 0.4) is 0 Å². The molecule has 1 aromatic rings. The van der Waals surface area contributed by atoms with Gasteiger partial charge in [-0.1, -0.05) is 0 Å². The second kappa shape index (κ2) is 4.69. The van der Waals surface area contributed by atoms with Crippen LogP contribution in [0.2, 0.25) is 0 Å². The van der Waals surface area contributed by atoms with Gasteiger partial charge in [-0.05, 0) is 13.0 Å². The van der Waals surface area contributed by atoms with Crippen LogP contribution in [0.4, 0.5) is 0 Å². The van der Waals surface area contributed by atoms with E-state index in [0.29, 0.717) is 25.4 Å². The molecule has 0 saturated carbocycles. The van der Waals surface area contributed by atoms with E-state index in [1.54, 1.807) is 5.38 Å². The van der Waals surface area contributed by atoms with E-state index >= 15 is 0 Å². The van der Waals surface area contributed by atoms with Gasteiger partial charge in [-0.3, -0.25) is 9.63 Å². The molecule has 1 amide bonds. The molecule has 1 aliphatic heterocycles. The Morgan fingerprint density at radius 1 is 1.73 bits per heavy atom. The Kier molecular flexibility index (Phi) is 3.30. The van der Waals surface area contributed by atoms with Gasteiger partial charge in [-0.2, -0.15) is 0 Å². The average molecular weight is 227 g/mol. The summed E-state index contributed by atoms with van der Waals surface area (Å²) in [6.07, 6.45) is 1.62. The topological polar surface area (TPSA) is 68.5 Å². The summed E-state index contributed by atoms with van der Waals surface area (Å²) < 4.78 is 0. The Morgan fingerprint density at radius 2 is 2.60 bits per heavy atom. The van der Waals surface area contributed by atoms with Gasteiger partial charge in [0, 0.05) is 11.8 Å². The molecule has 0 atom stereocenters. The summed E-state index contributed by atoms with van der Waals surface area (Å²) in [7, 11) is 0. The molecule has 2 rings (SSSR count). The quantitative estimate of drug-likeness (QED) is 0.812. The highest BCUT2D eigenvalue weighted by Gasteiger charge is 2.22. The van der Waals surface area contributed by atoms with E-state index in [1.165, 1.54) is 16.4 Å². The first-order valence-corrected chi connectivity index (χ1v) is 5.78. The summed E-state index contributed by atoms with van der Waals surface area (Å²) >= 11 is 1.47. The van der Waals surface area contributed by atoms with Crippen molar-refractivity contribution in [2.75, 3.05) is 19.7 Å². The molecule has 0 bridgehead atoms. The molecule has 1 aromatic heterocycles. The van der Waals surface area contributed by atoms with Crippen molar-refractivity contribution in [1.29, 1.82) is 0 Å². The molecule has 15 heavy (non-hydrogen) atoms. The molecule has 6 heteroatoms. The van der Waals surface area contributed by atoms with Crippen molar-refractivity contribution in [2.45, 2.75) is 12.8 Å². The Morgan fingerprint density at radius 3 is 3.27 bits per heavy atom. The van der Waals surface area contributed by atoms with Crippen molar-refractivity contribution in [3.8, 4) is 0 Å². The number of carbonyl (C=O) groups is 1. The predicted octanol–water partition coefficient (Wildman–Crippen LogP) is 0.422. The fraction of sp³-hybridized carbons (Fsp3) is 0.556. The van der Waals surface area contributed by atoms with Gasteiger partial charge in [0.25, 0.3) is 5.91 Å². The summed E-state index contributed by atoms with van der Waals surface area (Å²) in [6, 6.07) is 0. The van der Waals surface area contributed by atoms with E-state index in [9.17, 15) is 4.79 Å². The summed E-state index contributed by atoms with van der Waals surface area (Å²) in [5.41, 5.74) is 5.88. The number of nitrogens with zero attached hydrogens (tertiary/aromatic N) is 2. The molecular weight excluding hydrogens is 214 g/mol. The van der Waals surface area contributed by atoms with Crippen molar-refractivity contribution < 1.29 is 9.63 Å². The van der Waals surface area contributed by atoms with Gasteiger partial charge in [0.15, 0.2) is 0 Å². The lowest BCUT2D eigenvalue weighted by Gasteiger charge is -2.11. The molecule has 2 heterocycles. The first-order chi connectivity index (χ1) is 7.31. The lowest BCUT2D eigenvalue weighted by Crippen LogP contribution is -2.26. The molecule has 0 unspecified atom stereocenters. The van der Waals surface area contributed by atoms with Crippen molar-refractivity contribution in [1.82, 2.24) is 10.0 Å². The van der Waals surface area contributed by atoms with E-state index in [-0.39, 0.29) is 5.91 Å². The Hall–Kier alpha value is -0.980. The Balaban J connectivity index is 2.04. The summed E-state index contributed by atoms with van der Waals surface area (Å²) in [5, 5.41) is 4.04. The van der Waals surface area contributed by atoms with Gasteiger partial charge in [0.1, 0.15) is 5.69 Å². The number of amides is 1. The minimum atomic E-state index is -0.146. The smallest absolute Gasteiger partial charge is 0.296 e. The van der Waals surface area contributed by atoms with Crippen LogP contribution in [0.25, 0.3) is 0 Å². The highest BCUT2D eigenvalue weighted by Crippen LogP contribution is 2.14. The van der Waals surface area contributed by atoms with Crippen molar-refractivity contribution in [2.24, 2.45) is 5.73 Å². The molecule has 2 N–H and O–H groups in total. The van der Waals surface area contributed by atoms with Gasteiger partial charge < -0.3 is 5.73 Å². The predicted molar refractivity (Wildman–Crippen MR) is 56.5 cm³/mol. The second-order valence-electron chi connectivity index (χ2n) is 3.26. The van der Waals surface area contributed by atoms with Crippen LogP contribution in [-0.2, 0) is 11.3 Å². The molecule has 1 aliphatic rings. The van der Waals surface area contributed by atoms with E-state index in [1.807, 2.05) is 0 Å². The van der Waals surface area contributed by atoms with Gasteiger partial charge >= 0.3 is 0 Å². The van der Waals surface area contributed by atoms with Gasteiger partial charge in [-0.15, -0.1) is 11.3 Å². The van der Waals surface area contributed by atoms with Crippen LogP contribution >= 0.6 is 11.3 Å². The van der Waals surface area contributed by atoms with Crippen LogP contribution in [-0.4, -0.2) is 35.7 Å². The minimum Gasteiger partial charge on any atom is -0.330 e. The van der Waals surface area contributed by atoms with Crippen molar-refractivity contribution >= 4 is 17.2 Å². The van der Waals surface area contributed by atoms with Gasteiger partial charge in [-0.25, -0.2) is 10.0 Å². The van der Waals surface area contributed by atoms with Crippen LogP contribution in [0.5, 0.6) is 0 Å². The van der Waals surface area contributed by atoms with Crippen LogP contribution in [0.15, 0.2) is 5.38 Å². The minimum absolute atomic E-state index is 0.146. The Labute approximate surface area is 91.8 Å². The third-order valence-electron chi connectivity index (χ3n) is 2.11. The lowest BCUT2D eigenvalue weighted by molar-refractivity contribution is -0.0771. The standard InChI is InChI=1S/C9H13N3O2S/c10-3-2-8-11-7(6-15-8)9(13)12-4-1-5-14-12/h6H,1-5,10H2. The zero-order valence-corrected chi connectivity index (χ0v) is 9.13. The maximum atomic E-state index is 11.8. The number of thiazole rings is 1. The fourth-order valence-electron chi connectivity index (χ4n) is 1.38. The van der Waals surface area contributed by atoms with E-state index in [2.05, 4.69) is 4.98 Å². The van der Waals surface area contributed by atoms with E-state index in [0.717, 1.165) is 17.8 Å². The maximum absolute atomic E-state index is 11.8. The lowest BCUT2D eigenvalue weighted by atomic mass is 10.4. The largest absolute Gasteiger partial charge is 0.330 e. The second-order valence-corrected chi connectivity index (χ2v) is 4.20. The van der Waals surface area contributed by atoms with Gasteiger partial charge in [0.2, 0.25) is 0 Å². The Bertz CT molecular complexity index is 347. The molecule has 1 saturated heterocycles. The molecule has 1 fully saturated rings. The first kappa shape index (κ1) is 10.5. The number of nitrogens with two attached hydrogens (primary N) is 1. The van der Waals surface area contributed by atoms with Crippen LogP contribution in [0, 0.1) is 0 Å². The number of carbonyl (C=O) groups excluding carboxylic acids is 1. The van der Waals surface area contributed by atoms with Crippen LogP contribution in [0.1, 0.15) is 21.9 Å². The molecule has 0 aliphatic carbocycles.